The van der Waals surface area contributed by atoms with Crippen molar-refractivity contribution >= 4 is 17.5 Å². The molecule has 0 saturated carbocycles. The van der Waals surface area contributed by atoms with E-state index in [0.29, 0.717) is 0 Å². The third kappa shape index (κ3) is 2.60. The highest BCUT2D eigenvalue weighted by Crippen LogP contribution is 2.28. The minimum Gasteiger partial charge on any atom is -0.289 e. The molecule has 0 spiro atoms. The van der Waals surface area contributed by atoms with Gasteiger partial charge in [-0.25, -0.2) is 0 Å². The Balaban J connectivity index is 2.14. The van der Waals surface area contributed by atoms with Crippen molar-refractivity contribution in [1.29, 1.82) is 0 Å². The van der Waals surface area contributed by atoms with Gasteiger partial charge in [-0.15, -0.1) is 11.8 Å². The summed E-state index contributed by atoms with van der Waals surface area (Å²) < 4.78 is 0. The van der Waals surface area contributed by atoms with Crippen LogP contribution in [0.15, 0.2) is 46.7 Å². The Bertz CT molecular complexity index is 416. The molecule has 0 aromatic heterocycles. The Morgan fingerprint density at radius 1 is 1.33 bits per heavy atom. The normalized spacial score (nSPS) is 17.3. The molecule has 1 nitrogen and oxygen atoms in total. The summed E-state index contributed by atoms with van der Waals surface area (Å²) in [6.07, 6.45) is 4.69. The fourth-order valence-electron chi connectivity index (χ4n) is 1.39. The van der Waals surface area contributed by atoms with Crippen molar-refractivity contribution < 1.29 is 4.79 Å². The molecular weight excluding hydrogens is 204 g/mol. The molecule has 0 saturated heterocycles. The van der Waals surface area contributed by atoms with Gasteiger partial charge in [-0.05, 0) is 29.7 Å². The Labute approximate surface area is 93.9 Å². The predicted octanol–water partition coefficient (Wildman–Crippen LogP) is 3.71. The van der Waals surface area contributed by atoms with Gasteiger partial charge in [0.05, 0.1) is 0 Å². The average Bonchev–Trinajstić information content (AvgIpc) is 2.71. The van der Waals surface area contributed by atoms with Gasteiger partial charge in [-0.3, -0.25) is 4.79 Å². The maximum atomic E-state index is 11.8. The van der Waals surface area contributed by atoms with Crippen LogP contribution in [0, 0.1) is 6.92 Å². The molecule has 0 bridgehead atoms. The maximum Gasteiger partial charge on any atom is 0.186 e. The van der Waals surface area contributed by atoms with Gasteiger partial charge >= 0.3 is 0 Å². The summed E-state index contributed by atoms with van der Waals surface area (Å²) in [4.78, 5) is 12.9. The van der Waals surface area contributed by atoms with E-state index in [1.165, 1.54) is 5.56 Å². The Hall–Kier alpha value is -1.28. The van der Waals surface area contributed by atoms with Crippen molar-refractivity contribution in [2.75, 3.05) is 0 Å². The summed E-state index contributed by atoms with van der Waals surface area (Å²) in [5, 5.41) is 2.02. The van der Waals surface area contributed by atoms with Crippen LogP contribution in [0.4, 0.5) is 0 Å². The first-order valence-electron chi connectivity index (χ1n) is 4.89. The Kier molecular flexibility index (Phi) is 3.07. The van der Waals surface area contributed by atoms with Gasteiger partial charge in [-0.1, -0.05) is 35.9 Å². The van der Waals surface area contributed by atoms with E-state index in [1.807, 2.05) is 36.6 Å². The van der Waals surface area contributed by atoms with Crippen molar-refractivity contribution in [2.24, 2.45) is 0 Å². The SMILES string of the molecule is Cc1ccc(C(=O)C=C2CC=CS2)cc1. The van der Waals surface area contributed by atoms with Gasteiger partial charge in [0.15, 0.2) is 5.78 Å². The topological polar surface area (TPSA) is 17.1 Å². The zero-order chi connectivity index (χ0) is 10.7. The molecular formula is C13H12OS. The zero-order valence-corrected chi connectivity index (χ0v) is 9.38. The number of ketones is 1. The van der Waals surface area contributed by atoms with Crippen molar-refractivity contribution in [2.45, 2.75) is 13.3 Å². The molecule has 0 fully saturated rings. The van der Waals surface area contributed by atoms with Crippen LogP contribution in [0.1, 0.15) is 22.3 Å². The van der Waals surface area contributed by atoms with Crippen LogP contribution in [0.2, 0.25) is 0 Å². The van der Waals surface area contributed by atoms with E-state index in [4.69, 9.17) is 0 Å². The first kappa shape index (κ1) is 10.2. The molecule has 1 heterocycles. The van der Waals surface area contributed by atoms with Crippen LogP contribution in [0.25, 0.3) is 0 Å². The van der Waals surface area contributed by atoms with Crippen molar-refractivity contribution in [3.05, 3.63) is 57.9 Å². The van der Waals surface area contributed by atoms with E-state index in [9.17, 15) is 4.79 Å². The van der Waals surface area contributed by atoms with E-state index in [1.54, 1.807) is 17.8 Å². The van der Waals surface area contributed by atoms with E-state index >= 15 is 0 Å². The lowest BCUT2D eigenvalue weighted by atomic mass is 10.1. The number of benzene rings is 1. The number of carbonyl (C=O) groups excluding carboxylic acids is 1. The van der Waals surface area contributed by atoms with Crippen molar-refractivity contribution in [1.82, 2.24) is 0 Å². The Morgan fingerprint density at radius 3 is 2.67 bits per heavy atom. The number of thioether (sulfide) groups is 1. The molecule has 0 radical (unpaired) electrons. The van der Waals surface area contributed by atoms with E-state index in [-0.39, 0.29) is 5.78 Å². The molecule has 76 valence electrons. The van der Waals surface area contributed by atoms with Crippen LogP contribution < -0.4 is 0 Å². The molecule has 1 aliphatic heterocycles. The summed E-state index contributed by atoms with van der Waals surface area (Å²) in [6.45, 7) is 2.02. The molecule has 0 amide bonds. The van der Waals surface area contributed by atoms with Gasteiger partial charge in [0.1, 0.15) is 0 Å². The highest BCUT2D eigenvalue weighted by atomic mass is 32.2. The second-order valence-corrected chi connectivity index (χ2v) is 4.57. The maximum absolute atomic E-state index is 11.8. The van der Waals surface area contributed by atoms with Crippen molar-refractivity contribution in [3.63, 3.8) is 0 Å². The third-order valence-electron chi connectivity index (χ3n) is 2.26. The number of rotatable bonds is 2. The molecule has 0 N–H and O–H groups in total. The summed E-state index contributed by atoms with van der Waals surface area (Å²) >= 11 is 1.63. The quantitative estimate of drug-likeness (QED) is 0.553. The highest BCUT2D eigenvalue weighted by Gasteiger charge is 2.06. The van der Waals surface area contributed by atoms with Gasteiger partial charge in [-0.2, -0.15) is 0 Å². The smallest absolute Gasteiger partial charge is 0.186 e. The molecule has 0 aliphatic carbocycles. The molecule has 0 atom stereocenters. The first-order valence-corrected chi connectivity index (χ1v) is 5.77. The molecule has 1 aliphatic rings. The molecule has 15 heavy (non-hydrogen) atoms. The van der Waals surface area contributed by atoms with Gasteiger partial charge < -0.3 is 0 Å². The number of allylic oxidation sites excluding steroid dienone is 3. The largest absolute Gasteiger partial charge is 0.289 e. The summed E-state index contributed by atoms with van der Waals surface area (Å²) in [7, 11) is 0. The number of hydrogen-bond donors (Lipinski definition) is 0. The minimum atomic E-state index is 0.0983. The summed E-state index contributed by atoms with van der Waals surface area (Å²) in [5.74, 6) is 0.0983. The van der Waals surface area contributed by atoms with Crippen LogP contribution >= 0.6 is 11.8 Å². The third-order valence-corrected chi connectivity index (χ3v) is 3.18. The van der Waals surface area contributed by atoms with Crippen LogP contribution in [-0.2, 0) is 0 Å². The van der Waals surface area contributed by atoms with Gasteiger partial charge in [0.25, 0.3) is 0 Å². The number of aryl methyl sites for hydroxylation is 1. The molecule has 2 rings (SSSR count). The van der Waals surface area contributed by atoms with E-state index in [0.717, 1.165) is 16.9 Å². The molecule has 1 aromatic rings. The fraction of sp³-hybridized carbons (Fsp3) is 0.154. The minimum absolute atomic E-state index is 0.0983. The number of hydrogen-bond acceptors (Lipinski definition) is 2. The lowest BCUT2D eigenvalue weighted by Crippen LogP contribution is -1.94. The summed E-state index contributed by atoms with van der Waals surface area (Å²) in [5.41, 5.74) is 1.94. The zero-order valence-electron chi connectivity index (χ0n) is 8.57. The molecule has 0 unspecified atom stereocenters. The highest BCUT2D eigenvalue weighted by molar-refractivity contribution is 8.06. The predicted molar refractivity (Wildman–Crippen MR) is 64.9 cm³/mol. The lowest BCUT2D eigenvalue weighted by Gasteiger charge is -1.98. The first-order chi connectivity index (χ1) is 7.25. The van der Waals surface area contributed by atoms with Gasteiger partial charge in [0.2, 0.25) is 0 Å². The molecule has 2 heteroatoms. The van der Waals surface area contributed by atoms with E-state index < -0.39 is 0 Å². The standard InChI is InChI=1S/C13H12OS/c1-10-4-6-11(7-5-10)13(14)9-12-3-2-8-15-12/h2,4-9H,3H2,1H3. The van der Waals surface area contributed by atoms with Crippen LogP contribution in [0.3, 0.4) is 0 Å². The van der Waals surface area contributed by atoms with Gasteiger partial charge in [0, 0.05) is 5.56 Å². The Morgan fingerprint density at radius 2 is 2.07 bits per heavy atom. The second-order valence-electron chi connectivity index (χ2n) is 3.53. The lowest BCUT2D eigenvalue weighted by molar-refractivity contribution is 0.104. The van der Waals surface area contributed by atoms with Crippen molar-refractivity contribution in [3.8, 4) is 0 Å². The monoisotopic (exact) mass is 216 g/mol. The second kappa shape index (κ2) is 4.49. The average molecular weight is 216 g/mol. The van der Waals surface area contributed by atoms with Crippen LogP contribution in [0.5, 0.6) is 0 Å². The summed E-state index contributed by atoms with van der Waals surface area (Å²) in [6, 6.07) is 7.68. The molecule has 1 aromatic carbocycles. The number of carbonyl (C=O) groups is 1. The fourth-order valence-corrected chi connectivity index (χ4v) is 2.12. The van der Waals surface area contributed by atoms with Crippen LogP contribution in [-0.4, -0.2) is 5.78 Å². The van der Waals surface area contributed by atoms with E-state index in [2.05, 4.69) is 6.08 Å².